The molecule has 0 aromatic heterocycles. The summed E-state index contributed by atoms with van der Waals surface area (Å²) in [6.07, 6.45) is 0.297. The SMILES string of the molecule is Cc1cc(Br)ccc1N1CC(C(=O)N2CCOCC2)CC1=O. The van der Waals surface area contributed by atoms with Gasteiger partial charge in [0.2, 0.25) is 11.8 Å². The van der Waals surface area contributed by atoms with Gasteiger partial charge >= 0.3 is 0 Å². The minimum absolute atomic E-state index is 0.0250. The Bertz CT molecular complexity index is 599. The fourth-order valence-electron chi connectivity index (χ4n) is 3.07. The first-order chi connectivity index (χ1) is 10.6. The lowest BCUT2D eigenvalue weighted by Crippen LogP contribution is -2.44. The van der Waals surface area contributed by atoms with Crippen LogP contribution in [0.15, 0.2) is 22.7 Å². The average Bonchev–Trinajstić information content (AvgIpc) is 2.89. The van der Waals surface area contributed by atoms with Crippen LogP contribution in [-0.2, 0) is 14.3 Å². The third kappa shape index (κ3) is 3.03. The van der Waals surface area contributed by atoms with E-state index in [0.717, 1.165) is 15.7 Å². The number of carbonyl (C=O) groups excluding carboxylic acids is 2. The van der Waals surface area contributed by atoms with Gasteiger partial charge in [-0.3, -0.25) is 9.59 Å². The quantitative estimate of drug-likeness (QED) is 0.803. The fourth-order valence-corrected chi connectivity index (χ4v) is 3.55. The van der Waals surface area contributed by atoms with E-state index in [-0.39, 0.29) is 17.7 Å². The van der Waals surface area contributed by atoms with Gasteiger partial charge in [0.1, 0.15) is 0 Å². The number of morpholine rings is 1. The maximum Gasteiger partial charge on any atom is 0.228 e. The zero-order valence-electron chi connectivity index (χ0n) is 12.5. The Hall–Kier alpha value is -1.40. The Balaban J connectivity index is 1.74. The van der Waals surface area contributed by atoms with E-state index in [4.69, 9.17) is 4.74 Å². The fraction of sp³-hybridized carbons (Fsp3) is 0.500. The second kappa shape index (κ2) is 6.38. The van der Waals surface area contributed by atoms with Crippen LogP contribution in [0.3, 0.4) is 0 Å². The molecule has 0 radical (unpaired) electrons. The van der Waals surface area contributed by atoms with E-state index in [1.54, 1.807) is 4.90 Å². The van der Waals surface area contributed by atoms with E-state index in [2.05, 4.69) is 15.9 Å². The zero-order chi connectivity index (χ0) is 15.7. The average molecular weight is 367 g/mol. The van der Waals surface area contributed by atoms with Gasteiger partial charge in [0.25, 0.3) is 0 Å². The van der Waals surface area contributed by atoms with Crippen LogP contribution in [0.2, 0.25) is 0 Å². The van der Waals surface area contributed by atoms with Crippen molar-refractivity contribution in [2.45, 2.75) is 13.3 Å². The van der Waals surface area contributed by atoms with Crippen LogP contribution in [0.5, 0.6) is 0 Å². The molecule has 6 heteroatoms. The number of halogens is 1. The molecule has 1 aromatic rings. The molecule has 1 unspecified atom stereocenters. The summed E-state index contributed by atoms with van der Waals surface area (Å²) < 4.78 is 6.26. The highest BCUT2D eigenvalue weighted by Gasteiger charge is 2.37. The lowest BCUT2D eigenvalue weighted by molar-refractivity contribution is -0.139. The summed E-state index contributed by atoms with van der Waals surface area (Å²) in [7, 11) is 0. The molecule has 22 heavy (non-hydrogen) atoms. The number of amides is 2. The van der Waals surface area contributed by atoms with Crippen molar-refractivity contribution in [3.63, 3.8) is 0 Å². The van der Waals surface area contributed by atoms with Crippen LogP contribution in [0.4, 0.5) is 5.69 Å². The molecule has 118 valence electrons. The molecule has 0 aliphatic carbocycles. The summed E-state index contributed by atoms with van der Waals surface area (Å²) in [5.74, 6) is -0.139. The molecule has 0 bridgehead atoms. The van der Waals surface area contributed by atoms with Gasteiger partial charge in [-0.2, -0.15) is 0 Å². The van der Waals surface area contributed by atoms with Crippen LogP contribution < -0.4 is 4.90 Å². The van der Waals surface area contributed by atoms with E-state index < -0.39 is 0 Å². The van der Waals surface area contributed by atoms with Crippen molar-refractivity contribution in [1.82, 2.24) is 4.90 Å². The highest BCUT2D eigenvalue weighted by molar-refractivity contribution is 9.10. The molecule has 2 aliphatic heterocycles. The van der Waals surface area contributed by atoms with E-state index >= 15 is 0 Å². The van der Waals surface area contributed by atoms with Crippen molar-refractivity contribution in [2.24, 2.45) is 5.92 Å². The summed E-state index contributed by atoms with van der Waals surface area (Å²) in [5, 5.41) is 0. The Kier molecular flexibility index (Phi) is 4.49. The van der Waals surface area contributed by atoms with Gasteiger partial charge in [0, 0.05) is 36.2 Å². The highest BCUT2D eigenvalue weighted by Crippen LogP contribution is 2.30. The van der Waals surface area contributed by atoms with Crippen molar-refractivity contribution in [3.8, 4) is 0 Å². The number of anilines is 1. The third-order valence-electron chi connectivity index (χ3n) is 4.25. The lowest BCUT2D eigenvalue weighted by Gasteiger charge is -2.29. The van der Waals surface area contributed by atoms with Crippen molar-refractivity contribution in [2.75, 3.05) is 37.7 Å². The van der Waals surface area contributed by atoms with Crippen molar-refractivity contribution in [3.05, 3.63) is 28.2 Å². The molecular formula is C16H19BrN2O3. The third-order valence-corrected chi connectivity index (χ3v) is 4.74. The van der Waals surface area contributed by atoms with E-state index in [0.29, 0.717) is 39.3 Å². The first kappa shape index (κ1) is 15.5. The first-order valence-corrected chi connectivity index (χ1v) is 8.28. The Morgan fingerprint density at radius 1 is 1.32 bits per heavy atom. The maximum atomic E-state index is 12.5. The molecule has 0 spiro atoms. The first-order valence-electron chi connectivity index (χ1n) is 7.49. The number of benzene rings is 1. The van der Waals surface area contributed by atoms with Gasteiger partial charge in [0.05, 0.1) is 19.1 Å². The minimum Gasteiger partial charge on any atom is -0.378 e. The molecule has 2 fully saturated rings. The van der Waals surface area contributed by atoms with Crippen molar-refractivity contribution >= 4 is 33.4 Å². The van der Waals surface area contributed by atoms with Gasteiger partial charge in [-0.25, -0.2) is 0 Å². The summed E-state index contributed by atoms with van der Waals surface area (Å²) in [4.78, 5) is 28.4. The van der Waals surface area contributed by atoms with Gasteiger partial charge in [-0.1, -0.05) is 15.9 Å². The molecule has 0 saturated carbocycles. The standard InChI is InChI=1S/C16H19BrN2O3/c1-11-8-13(17)2-3-14(11)19-10-12(9-15(19)20)16(21)18-4-6-22-7-5-18/h2-3,8,12H,4-7,9-10H2,1H3. The molecule has 0 N–H and O–H groups in total. The van der Waals surface area contributed by atoms with E-state index in [1.165, 1.54) is 0 Å². The number of hydrogen-bond acceptors (Lipinski definition) is 3. The zero-order valence-corrected chi connectivity index (χ0v) is 14.1. The van der Waals surface area contributed by atoms with Crippen LogP contribution >= 0.6 is 15.9 Å². The normalized spacial score (nSPS) is 22.3. The second-order valence-electron chi connectivity index (χ2n) is 5.77. The Morgan fingerprint density at radius 3 is 2.73 bits per heavy atom. The smallest absolute Gasteiger partial charge is 0.228 e. The van der Waals surface area contributed by atoms with Crippen molar-refractivity contribution < 1.29 is 14.3 Å². The predicted molar refractivity (Wildman–Crippen MR) is 86.7 cm³/mol. The molecule has 2 saturated heterocycles. The molecule has 5 nitrogen and oxygen atoms in total. The number of aryl methyl sites for hydroxylation is 1. The summed E-state index contributed by atoms with van der Waals surface area (Å²) >= 11 is 3.43. The summed E-state index contributed by atoms with van der Waals surface area (Å²) in [6.45, 7) is 4.87. The molecular weight excluding hydrogens is 348 g/mol. The molecule has 1 atom stereocenters. The van der Waals surface area contributed by atoms with Crippen LogP contribution in [0.1, 0.15) is 12.0 Å². The van der Waals surface area contributed by atoms with Crippen molar-refractivity contribution in [1.29, 1.82) is 0 Å². The Morgan fingerprint density at radius 2 is 2.05 bits per heavy atom. The van der Waals surface area contributed by atoms with Gasteiger partial charge in [-0.05, 0) is 30.7 Å². The van der Waals surface area contributed by atoms with E-state index in [1.807, 2.05) is 30.0 Å². The minimum atomic E-state index is -0.242. The van der Waals surface area contributed by atoms with Gasteiger partial charge < -0.3 is 14.5 Å². The second-order valence-corrected chi connectivity index (χ2v) is 6.69. The number of rotatable bonds is 2. The largest absolute Gasteiger partial charge is 0.378 e. The topological polar surface area (TPSA) is 49.9 Å². The maximum absolute atomic E-state index is 12.5. The van der Waals surface area contributed by atoms with Gasteiger partial charge in [-0.15, -0.1) is 0 Å². The molecule has 1 aromatic carbocycles. The monoisotopic (exact) mass is 366 g/mol. The number of hydrogen-bond donors (Lipinski definition) is 0. The van der Waals surface area contributed by atoms with Crippen LogP contribution in [-0.4, -0.2) is 49.6 Å². The highest BCUT2D eigenvalue weighted by atomic mass is 79.9. The molecule has 2 amide bonds. The van der Waals surface area contributed by atoms with Crippen LogP contribution in [0, 0.1) is 12.8 Å². The summed E-state index contributed by atoms with van der Waals surface area (Å²) in [5.41, 5.74) is 1.92. The molecule has 2 aliphatic rings. The molecule has 2 heterocycles. The number of ether oxygens (including phenoxy) is 1. The van der Waals surface area contributed by atoms with Gasteiger partial charge in [0.15, 0.2) is 0 Å². The Labute approximate surface area is 138 Å². The predicted octanol–water partition coefficient (Wildman–Crippen LogP) is 1.97. The lowest BCUT2D eigenvalue weighted by atomic mass is 10.1. The van der Waals surface area contributed by atoms with E-state index in [9.17, 15) is 9.59 Å². The molecule has 3 rings (SSSR count). The number of nitrogens with zero attached hydrogens (tertiary/aromatic N) is 2. The summed E-state index contributed by atoms with van der Waals surface area (Å²) in [6, 6.07) is 5.84. The van der Waals surface area contributed by atoms with Crippen LogP contribution in [0.25, 0.3) is 0 Å². The number of carbonyl (C=O) groups is 2.